The normalized spacial score (nSPS) is 12.8. The quantitative estimate of drug-likeness (QED) is 0.522. The van der Waals surface area contributed by atoms with E-state index in [1.807, 2.05) is 24.9 Å². The molecule has 1 aromatic carbocycles. The number of methoxy groups -OCH3 is 1. The molecule has 0 N–H and O–H groups in total. The van der Waals surface area contributed by atoms with Crippen LogP contribution in [0.1, 0.15) is 43.2 Å². The summed E-state index contributed by atoms with van der Waals surface area (Å²) in [6.07, 6.45) is 4.12. The van der Waals surface area contributed by atoms with Gasteiger partial charge < -0.3 is 9.75 Å². The topological polar surface area (TPSA) is 69.4 Å². The largest absolute Gasteiger partial charge is 0.496 e. The second-order valence-electron chi connectivity index (χ2n) is 7.82. The zero-order valence-electron chi connectivity index (χ0n) is 17.9. The fraction of sp³-hybridized carbons (Fsp3) is 0.318. The van der Waals surface area contributed by atoms with Gasteiger partial charge in [0.15, 0.2) is 5.78 Å². The Kier molecular flexibility index (Phi) is 5.54. The van der Waals surface area contributed by atoms with Crippen LogP contribution in [0.3, 0.4) is 0 Å². The molecule has 2 aromatic heterocycles. The highest BCUT2D eigenvalue weighted by Crippen LogP contribution is 2.41. The van der Waals surface area contributed by atoms with Crippen LogP contribution in [0.4, 0.5) is 8.78 Å². The van der Waals surface area contributed by atoms with Crippen molar-refractivity contribution in [2.24, 2.45) is 0 Å². The van der Waals surface area contributed by atoms with E-state index in [4.69, 9.17) is 16.3 Å². The molecule has 3 aromatic rings. The third-order valence-corrected chi connectivity index (χ3v) is 5.86. The number of rotatable bonds is 5. The molecule has 10 heteroatoms. The number of aromatic nitrogens is 3. The predicted octanol–water partition coefficient (Wildman–Crippen LogP) is 4.50. The Labute approximate surface area is 187 Å². The molecular formula is C22H21ClF2N4O3. The monoisotopic (exact) mass is 462 g/mol. The molecule has 0 fully saturated rings. The van der Waals surface area contributed by atoms with Crippen LogP contribution in [0.5, 0.6) is 5.75 Å². The average molecular weight is 463 g/mol. The molecule has 168 valence electrons. The van der Waals surface area contributed by atoms with Crippen molar-refractivity contribution in [3.63, 3.8) is 0 Å². The van der Waals surface area contributed by atoms with E-state index in [1.54, 1.807) is 10.7 Å². The zero-order chi connectivity index (χ0) is 23.3. The van der Waals surface area contributed by atoms with Crippen molar-refractivity contribution in [3.05, 3.63) is 57.1 Å². The van der Waals surface area contributed by atoms with E-state index >= 15 is 0 Å². The maximum absolute atomic E-state index is 13.0. The van der Waals surface area contributed by atoms with E-state index in [0.717, 1.165) is 5.56 Å². The van der Waals surface area contributed by atoms with Crippen LogP contribution in [-0.2, 0) is 6.54 Å². The number of pyridine rings is 1. The lowest BCUT2D eigenvalue weighted by molar-refractivity contribution is 0.0566. The molecule has 0 spiro atoms. The number of Topliss-reactive ketones (excluding diaryl/α,β-unsaturated/α-hetero) is 1. The van der Waals surface area contributed by atoms with Crippen molar-refractivity contribution in [3.8, 4) is 28.1 Å². The maximum atomic E-state index is 13.0. The molecule has 0 bridgehead atoms. The molecule has 1 aliphatic heterocycles. The van der Waals surface area contributed by atoms with Gasteiger partial charge in [0.05, 0.1) is 31.1 Å². The first-order valence-electron chi connectivity index (χ1n) is 9.91. The Balaban J connectivity index is 1.99. The third kappa shape index (κ3) is 3.46. The molecule has 3 heterocycles. The lowest BCUT2D eigenvalue weighted by Gasteiger charge is -2.38. The molecule has 0 saturated carbocycles. The predicted molar refractivity (Wildman–Crippen MR) is 117 cm³/mol. The van der Waals surface area contributed by atoms with Gasteiger partial charge in [-0.1, -0.05) is 11.6 Å². The first-order chi connectivity index (χ1) is 15.1. The van der Waals surface area contributed by atoms with E-state index in [1.165, 1.54) is 32.6 Å². The van der Waals surface area contributed by atoms with E-state index in [0.29, 0.717) is 39.4 Å². The molecule has 0 atom stereocenters. The van der Waals surface area contributed by atoms with Gasteiger partial charge in [0.25, 0.3) is 0 Å². The van der Waals surface area contributed by atoms with Gasteiger partial charge in [0.1, 0.15) is 10.8 Å². The van der Waals surface area contributed by atoms with Crippen LogP contribution in [-0.4, -0.2) is 33.4 Å². The van der Waals surface area contributed by atoms with Crippen molar-refractivity contribution in [1.29, 1.82) is 0 Å². The van der Waals surface area contributed by atoms with Crippen molar-refractivity contribution >= 4 is 17.4 Å². The van der Waals surface area contributed by atoms with Gasteiger partial charge in [-0.3, -0.25) is 14.3 Å². The van der Waals surface area contributed by atoms with Crippen LogP contribution >= 0.6 is 11.6 Å². The summed E-state index contributed by atoms with van der Waals surface area (Å²) >= 11 is 6.50. The van der Waals surface area contributed by atoms with Crippen LogP contribution in [0.15, 0.2) is 35.5 Å². The number of ketones is 1. The van der Waals surface area contributed by atoms with Gasteiger partial charge in [-0.15, -0.1) is 0 Å². The fourth-order valence-electron chi connectivity index (χ4n) is 3.90. The number of carbonyl (C=O) groups is 1. The average Bonchev–Trinajstić information content (AvgIpc) is 3.24. The second-order valence-corrected chi connectivity index (χ2v) is 8.20. The number of alkyl halides is 2. The van der Waals surface area contributed by atoms with Crippen molar-refractivity contribution < 1.29 is 18.3 Å². The van der Waals surface area contributed by atoms with Crippen LogP contribution in [0.25, 0.3) is 22.4 Å². The number of benzene rings is 1. The van der Waals surface area contributed by atoms with Gasteiger partial charge in [0, 0.05) is 35.1 Å². The molecule has 7 nitrogen and oxygen atoms in total. The maximum Gasteiger partial charge on any atom is 0.333 e. The molecule has 1 aliphatic rings. The van der Waals surface area contributed by atoms with Gasteiger partial charge in [0.2, 0.25) is 5.43 Å². The Hall–Kier alpha value is -3.20. The number of fused-ring (bicyclic) bond motifs is 3. The second kappa shape index (κ2) is 8.05. The summed E-state index contributed by atoms with van der Waals surface area (Å²) in [5, 5.41) is 5.61. The fourth-order valence-corrected chi connectivity index (χ4v) is 4.19. The Morgan fingerprint density at radius 3 is 2.50 bits per heavy atom. The molecule has 0 amide bonds. The summed E-state index contributed by atoms with van der Waals surface area (Å²) in [5.41, 5.74) is 2.48. The molecule has 32 heavy (non-hydrogen) atoms. The first kappa shape index (κ1) is 22.0. The van der Waals surface area contributed by atoms with E-state index in [2.05, 4.69) is 5.10 Å². The first-order valence-corrected chi connectivity index (χ1v) is 10.3. The summed E-state index contributed by atoms with van der Waals surface area (Å²) in [7, 11) is 1.47. The van der Waals surface area contributed by atoms with Crippen LogP contribution < -0.4 is 15.2 Å². The summed E-state index contributed by atoms with van der Waals surface area (Å²) < 4.78 is 33.9. The SMILES string of the molecule is COc1cc2c(cc1-c1cnn(C(F)F)c1)CN(C(C)C)n1cc(C(C)=O)c(=O)c(Cl)c1-2. The minimum Gasteiger partial charge on any atom is -0.496 e. The Morgan fingerprint density at radius 1 is 1.22 bits per heavy atom. The van der Waals surface area contributed by atoms with Gasteiger partial charge >= 0.3 is 6.55 Å². The van der Waals surface area contributed by atoms with Gasteiger partial charge in [-0.25, -0.2) is 4.68 Å². The molecular weight excluding hydrogens is 442 g/mol. The van der Waals surface area contributed by atoms with Crippen LogP contribution in [0, 0.1) is 0 Å². The summed E-state index contributed by atoms with van der Waals surface area (Å²) in [4.78, 5) is 24.8. The highest BCUT2D eigenvalue weighted by Gasteiger charge is 2.30. The Bertz CT molecular complexity index is 1280. The van der Waals surface area contributed by atoms with E-state index in [-0.39, 0.29) is 22.4 Å². The lowest BCUT2D eigenvalue weighted by atomic mass is 9.95. The molecule has 0 aliphatic carbocycles. The van der Waals surface area contributed by atoms with Crippen LogP contribution in [0.2, 0.25) is 5.02 Å². The van der Waals surface area contributed by atoms with E-state index in [9.17, 15) is 18.4 Å². The highest BCUT2D eigenvalue weighted by molar-refractivity contribution is 6.33. The number of hydrogen-bond acceptors (Lipinski definition) is 5. The Morgan fingerprint density at radius 2 is 1.94 bits per heavy atom. The van der Waals surface area contributed by atoms with Gasteiger partial charge in [-0.05, 0) is 38.5 Å². The molecule has 0 radical (unpaired) electrons. The molecule has 0 saturated heterocycles. The van der Waals surface area contributed by atoms with Gasteiger partial charge in [-0.2, -0.15) is 13.9 Å². The number of halogens is 3. The number of carbonyl (C=O) groups excluding carboxylic acids is 1. The number of hydrogen-bond donors (Lipinski definition) is 0. The minimum absolute atomic E-state index is 0.00686. The smallest absolute Gasteiger partial charge is 0.333 e. The van der Waals surface area contributed by atoms with Crippen molar-refractivity contribution in [2.45, 2.75) is 39.9 Å². The van der Waals surface area contributed by atoms with Crippen molar-refractivity contribution in [2.75, 3.05) is 12.1 Å². The number of ether oxygens (including phenoxy) is 1. The summed E-state index contributed by atoms with van der Waals surface area (Å²) in [6.45, 7) is 2.97. The van der Waals surface area contributed by atoms with Crippen molar-refractivity contribution in [1.82, 2.24) is 14.5 Å². The van der Waals surface area contributed by atoms with E-state index < -0.39 is 12.0 Å². The highest BCUT2D eigenvalue weighted by atomic mass is 35.5. The summed E-state index contributed by atoms with van der Waals surface area (Å²) in [5.74, 6) is 0.0481. The molecule has 0 unspecified atom stereocenters. The lowest BCUT2D eigenvalue weighted by Crippen LogP contribution is -2.44. The summed E-state index contributed by atoms with van der Waals surface area (Å²) in [6, 6.07) is 3.57. The minimum atomic E-state index is -2.75. The zero-order valence-corrected chi connectivity index (χ0v) is 18.7. The number of nitrogens with zero attached hydrogens (tertiary/aromatic N) is 4. The molecule has 4 rings (SSSR count). The standard InChI is InChI=1S/C22H21ClF2N4O3/c1-11(2)28-9-13-5-15(14-7-26-27(8-14)22(24)25)18(32-4)6-16(13)20-19(23)21(31)17(12(3)30)10-29(20)28/h5-8,10-11,22H,9H2,1-4H3. The third-order valence-electron chi connectivity index (χ3n) is 5.51.